The van der Waals surface area contributed by atoms with Gasteiger partial charge in [-0.3, -0.25) is 9.48 Å². The lowest BCUT2D eigenvalue weighted by Crippen LogP contribution is -2.48. The van der Waals surface area contributed by atoms with Gasteiger partial charge in [0.15, 0.2) is 0 Å². The molecule has 1 heterocycles. The van der Waals surface area contributed by atoms with Crippen molar-refractivity contribution in [3.05, 3.63) is 18.0 Å². The Hall–Kier alpha value is -1.12. The fourth-order valence-corrected chi connectivity index (χ4v) is 5.52. The van der Waals surface area contributed by atoms with Crippen molar-refractivity contribution in [2.24, 2.45) is 36.6 Å². The van der Waals surface area contributed by atoms with E-state index in [1.807, 2.05) is 24.0 Å². The molecule has 0 atom stereocenters. The highest BCUT2D eigenvalue weighted by Crippen LogP contribution is 2.56. The number of ketones is 1. The molecule has 4 fully saturated rings. The maximum atomic E-state index is 12.7. The summed E-state index contributed by atoms with van der Waals surface area (Å²) in [5.41, 5.74) is 1.18. The zero-order valence-electron chi connectivity index (χ0n) is 12.3. The molecule has 0 radical (unpaired) electrons. The molecule has 3 nitrogen and oxygen atoms in total. The molecule has 4 bridgehead atoms. The minimum Gasteiger partial charge on any atom is -0.299 e. The highest BCUT2D eigenvalue weighted by Gasteiger charge is 2.50. The first-order valence-electron chi connectivity index (χ1n) is 8.20. The number of carbonyl (C=O) groups excluding carboxylic acids is 1. The molecule has 20 heavy (non-hydrogen) atoms. The van der Waals surface area contributed by atoms with Crippen molar-refractivity contribution in [1.29, 1.82) is 0 Å². The number of aryl methyl sites for hydroxylation is 2. The third-order valence-corrected chi connectivity index (χ3v) is 6.15. The highest BCUT2D eigenvalue weighted by molar-refractivity contribution is 5.82. The van der Waals surface area contributed by atoms with Gasteiger partial charge in [0, 0.05) is 31.3 Å². The summed E-state index contributed by atoms with van der Waals surface area (Å²) in [5.74, 6) is 4.31. The minimum atomic E-state index is 0.399. The van der Waals surface area contributed by atoms with Crippen LogP contribution in [0.2, 0.25) is 0 Å². The van der Waals surface area contributed by atoms with E-state index in [0.29, 0.717) is 18.1 Å². The fraction of sp³-hybridized carbons (Fsp3) is 0.765. The van der Waals surface area contributed by atoms with Gasteiger partial charge in [-0.05, 0) is 68.3 Å². The first kappa shape index (κ1) is 12.6. The molecule has 4 saturated carbocycles. The van der Waals surface area contributed by atoms with Crippen LogP contribution in [-0.4, -0.2) is 15.6 Å². The van der Waals surface area contributed by atoms with E-state index in [1.165, 1.54) is 37.8 Å². The summed E-state index contributed by atoms with van der Waals surface area (Å²) in [5, 5.41) is 4.19. The smallest absolute Gasteiger partial charge is 0.136 e. The molecule has 1 aromatic heterocycles. The van der Waals surface area contributed by atoms with E-state index in [0.717, 1.165) is 30.1 Å². The quantitative estimate of drug-likeness (QED) is 0.844. The lowest BCUT2D eigenvalue weighted by molar-refractivity contribution is -0.135. The molecule has 4 aliphatic carbocycles. The van der Waals surface area contributed by atoms with E-state index >= 15 is 0 Å². The Bertz CT molecular complexity index is 491. The van der Waals surface area contributed by atoms with Gasteiger partial charge in [0.25, 0.3) is 0 Å². The molecule has 108 valence electrons. The number of hydrogen-bond acceptors (Lipinski definition) is 2. The average Bonchev–Trinajstić information content (AvgIpc) is 2.80. The third kappa shape index (κ3) is 2.02. The molecular formula is C17H24N2O. The lowest BCUT2D eigenvalue weighted by atomic mass is 9.51. The number of nitrogens with zero attached hydrogens (tertiary/aromatic N) is 2. The summed E-state index contributed by atoms with van der Waals surface area (Å²) in [6, 6.07) is 2.03. The Morgan fingerprint density at radius 2 is 1.85 bits per heavy atom. The minimum absolute atomic E-state index is 0.399. The summed E-state index contributed by atoms with van der Waals surface area (Å²) < 4.78 is 1.89. The number of Topliss-reactive ketones (excluding diaryl/α,β-unsaturated/α-hetero) is 1. The van der Waals surface area contributed by atoms with Crippen molar-refractivity contribution in [3.8, 4) is 0 Å². The molecule has 3 heteroatoms. The predicted octanol–water partition coefficient (Wildman–Crippen LogP) is 2.99. The van der Waals surface area contributed by atoms with Gasteiger partial charge >= 0.3 is 0 Å². The third-order valence-electron chi connectivity index (χ3n) is 6.15. The Morgan fingerprint density at radius 3 is 2.40 bits per heavy atom. The molecule has 0 saturated heterocycles. The van der Waals surface area contributed by atoms with E-state index in [4.69, 9.17) is 0 Å². The fourth-order valence-electron chi connectivity index (χ4n) is 5.52. The second kappa shape index (κ2) is 4.71. The van der Waals surface area contributed by atoms with Crippen molar-refractivity contribution < 1.29 is 4.79 Å². The Labute approximate surface area is 120 Å². The van der Waals surface area contributed by atoms with Crippen molar-refractivity contribution in [1.82, 2.24) is 9.78 Å². The predicted molar refractivity (Wildman–Crippen MR) is 77.1 cm³/mol. The van der Waals surface area contributed by atoms with Crippen molar-refractivity contribution in [3.63, 3.8) is 0 Å². The van der Waals surface area contributed by atoms with Gasteiger partial charge in [0.05, 0.1) is 0 Å². The van der Waals surface area contributed by atoms with Crippen molar-refractivity contribution in [2.75, 3.05) is 0 Å². The zero-order valence-corrected chi connectivity index (χ0v) is 12.3. The van der Waals surface area contributed by atoms with Crippen LogP contribution in [0.1, 0.15) is 44.2 Å². The second-order valence-corrected chi connectivity index (χ2v) is 7.37. The molecular weight excluding hydrogens is 248 g/mol. The molecule has 0 N–H and O–H groups in total. The van der Waals surface area contributed by atoms with E-state index < -0.39 is 0 Å². The Morgan fingerprint density at radius 1 is 1.20 bits per heavy atom. The van der Waals surface area contributed by atoms with Gasteiger partial charge in [-0.25, -0.2) is 0 Å². The summed E-state index contributed by atoms with van der Waals surface area (Å²) in [6.45, 7) is 0. The first-order valence-corrected chi connectivity index (χ1v) is 8.20. The molecule has 0 amide bonds. The number of hydrogen-bond donors (Lipinski definition) is 0. The SMILES string of the molecule is Cn1nccc1CCC(=O)C1C2CC3CC(C2)CC1C3. The van der Waals surface area contributed by atoms with E-state index in [1.54, 1.807) is 0 Å². The van der Waals surface area contributed by atoms with Crippen molar-refractivity contribution >= 4 is 5.78 Å². The second-order valence-electron chi connectivity index (χ2n) is 7.37. The molecule has 0 aliphatic heterocycles. The van der Waals surface area contributed by atoms with Crippen LogP contribution in [0, 0.1) is 29.6 Å². The largest absolute Gasteiger partial charge is 0.299 e. The molecule has 5 rings (SSSR count). The maximum Gasteiger partial charge on any atom is 0.136 e. The molecule has 0 unspecified atom stereocenters. The summed E-state index contributed by atoms with van der Waals surface area (Å²) in [6.07, 6.45) is 10.2. The van der Waals surface area contributed by atoms with Crippen LogP contribution in [0.4, 0.5) is 0 Å². The van der Waals surface area contributed by atoms with E-state index in [9.17, 15) is 4.79 Å². The topological polar surface area (TPSA) is 34.9 Å². The van der Waals surface area contributed by atoms with Crippen LogP contribution in [0.5, 0.6) is 0 Å². The summed E-state index contributed by atoms with van der Waals surface area (Å²) in [4.78, 5) is 12.7. The standard InChI is InChI=1S/C17H24N2O/c1-19-15(4-5-18-19)2-3-16(20)17-13-7-11-6-12(9-13)10-14(17)8-11/h4-5,11-14,17H,2-3,6-10H2,1H3. The molecule has 4 aliphatic rings. The Balaban J connectivity index is 1.43. The van der Waals surface area contributed by atoms with Crippen LogP contribution in [0.3, 0.4) is 0 Å². The van der Waals surface area contributed by atoms with Crippen LogP contribution >= 0.6 is 0 Å². The molecule has 0 aromatic carbocycles. The van der Waals surface area contributed by atoms with Crippen LogP contribution in [0.25, 0.3) is 0 Å². The average molecular weight is 272 g/mol. The van der Waals surface area contributed by atoms with Gasteiger partial charge in [0.2, 0.25) is 0 Å². The van der Waals surface area contributed by atoms with Crippen LogP contribution in [0.15, 0.2) is 12.3 Å². The first-order chi connectivity index (χ1) is 9.70. The van der Waals surface area contributed by atoms with Gasteiger partial charge in [0.1, 0.15) is 5.78 Å². The van der Waals surface area contributed by atoms with Crippen molar-refractivity contribution in [2.45, 2.75) is 44.9 Å². The number of carbonyl (C=O) groups is 1. The van der Waals surface area contributed by atoms with E-state index in [-0.39, 0.29) is 0 Å². The maximum absolute atomic E-state index is 12.7. The van der Waals surface area contributed by atoms with Gasteiger partial charge < -0.3 is 0 Å². The van der Waals surface area contributed by atoms with Gasteiger partial charge in [-0.1, -0.05) is 0 Å². The summed E-state index contributed by atoms with van der Waals surface area (Å²) >= 11 is 0. The molecule has 1 aromatic rings. The Kier molecular flexibility index (Phi) is 2.97. The molecule has 0 spiro atoms. The zero-order chi connectivity index (χ0) is 13.7. The van der Waals surface area contributed by atoms with Crippen LogP contribution < -0.4 is 0 Å². The van der Waals surface area contributed by atoms with Crippen LogP contribution in [-0.2, 0) is 18.3 Å². The monoisotopic (exact) mass is 272 g/mol. The summed E-state index contributed by atoms with van der Waals surface area (Å²) in [7, 11) is 1.96. The van der Waals surface area contributed by atoms with Gasteiger partial charge in [-0.15, -0.1) is 0 Å². The lowest BCUT2D eigenvalue weighted by Gasteiger charge is -2.53. The highest BCUT2D eigenvalue weighted by atomic mass is 16.1. The number of rotatable bonds is 4. The van der Waals surface area contributed by atoms with Gasteiger partial charge in [-0.2, -0.15) is 5.10 Å². The van der Waals surface area contributed by atoms with E-state index in [2.05, 4.69) is 5.10 Å². The normalized spacial score (nSPS) is 38.4. The number of aromatic nitrogens is 2.